The second-order valence-corrected chi connectivity index (χ2v) is 9.44. The van der Waals surface area contributed by atoms with Crippen molar-refractivity contribution in [1.29, 1.82) is 0 Å². The molecule has 0 saturated carbocycles. The van der Waals surface area contributed by atoms with Crippen molar-refractivity contribution in [3.63, 3.8) is 0 Å². The Bertz CT molecular complexity index is 1260. The van der Waals surface area contributed by atoms with Gasteiger partial charge in [-0.25, -0.2) is 9.97 Å². The van der Waals surface area contributed by atoms with E-state index in [1.807, 2.05) is 18.2 Å². The summed E-state index contributed by atoms with van der Waals surface area (Å²) in [6.45, 7) is -0.161. The van der Waals surface area contributed by atoms with Crippen molar-refractivity contribution in [2.45, 2.75) is 32.1 Å². The summed E-state index contributed by atoms with van der Waals surface area (Å²) in [4.78, 5) is 39.0. The fourth-order valence-electron chi connectivity index (χ4n) is 4.09. The Balaban J connectivity index is 1.56. The number of fused-ring (bicyclic) bond motifs is 1. The SMILES string of the molecule is COC(=O)CN1C(=O)CC(Cc2nc3nc(Cl)ccc3[nH]2)CC/C=C\1Cc1ccc(Cl)cc1Cl. The molecule has 2 aromatic heterocycles. The molecule has 1 aliphatic heterocycles. The zero-order valence-electron chi connectivity index (χ0n) is 18.5. The Labute approximate surface area is 212 Å². The molecular formula is C24H23Cl3N4O3. The number of hydrogen-bond donors (Lipinski definition) is 1. The monoisotopic (exact) mass is 520 g/mol. The van der Waals surface area contributed by atoms with Crippen molar-refractivity contribution in [1.82, 2.24) is 19.9 Å². The van der Waals surface area contributed by atoms with Gasteiger partial charge in [-0.15, -0.1) is 0 Å². The summed E-state index contributed by atoms with van der Waals surface area (Å²) < 4.78 is 4.84. The van der Waals surface area contributed by atoms with Gasteiger partial charge in [-0.3, -0.25) is 9.59 Å². The van der Waals surface area contributed by atoms with Crippen molar-refractivity contribution in [2.75, 3.05) is 13.7 Å². The van der Waals surface area contributed by atoms with E-state index in [-0.39, 0.29) is 24.8 Å². The van der Waals surface area contributed by atoms with Crippen LogP contribution in [0.2, 0.25) is 15.2 Å². The average Bonchev–Trinajstić information content (AvgIpc) is 3.18. The Hall–Kier alpha value is -2.61. The summed E-state index contributed by atoms with van der Waals surface area (Å²) in [7, 11) is 1.31. The molecule has 0 spiro atoms. The van der Waals surface area contributed by atoms with Crippen LogP contribution in [0.4, 0.5) is 0 Å². The minimum Gasteiger partial charge on any atom is -0.468 e. The highest BCUT2D eigenvalue weighted by atomic mass is 35.5. The van der Waals surface area contributed by atoms with Crippen LogP contribution in [0, 0.1) is 5.92 Å². The van der Waals surface area contributed by atoms with E-state index >= 15 is 0 Å². The van der Waals surface area contributed by atoms with Crippen LogP contribution in [0.3, 0.4) is 0 Å². The Morgan fingerprint density at radius 1 is 1.21 bits per heavy atom. The molecule has 178 valence electrons. The number of amides is 1. The summed E-state index contributed by atoms with van der Waals surface area (Å²) in [5, 5.41) is 1.43. The first-order chi connectivity index (χ1) is 16.3. The lowest BCUT2D eigenvalue weighted by molar-refractivity contribution is -0.146. The van der Waals surface area contributed by atoms with Crippen molar-refractivity contribution < 1.29 is 14.3 Å². The lowest BCUT2D eigenvalue weighted by atomic mass is 9.92. The number of halogens is 3. The molecule has 3 aromatic rings. The highest BCUT2D eigenvalue weighted by Gasteiger charge is 2.27. The molecule has 3 heterocycles. The predicted octanol–water partition coefficient (Wildman–Crippen LogP) is 5.39. The van der Waals surface area contributed by atoms with E-state index in [1.54, 1.807) is 18.2 Å². The Morgan fingerprint density at radius 3 is 2.79 bits per heavy atom. The Morgan fingerprint density at radius 2 is 2.03 bits per heavy atom. The lowest BCUT2D eigenvalue weighted by Gasteiger charge is -2.29. The quantitative estimate of drug-likeness (QED) is 0.347. The van der Waals surface area contributed by atoms with Gasteiger partial charge in [0.25, 0.3) is 0 Å². The number of methoxy groups -OCH3 is 1. The second-order valence-electron chi connectivity index (χ2n) is 8.20. The van der Waals surface area contributed by atoms with E-state index in [1.165, 1.54) is 12.0 Å². The van der Waals surface area contributed by atoms with E-state index in [4.69, 9.17) is 39.5 Å². The molecule has 1 atom stereocenters. The summed E-state index contributed by atoms with van der Waals surface area (Å²) in [5.41, 5.74) is 2.89. The Kier molecular flexibility index (Phi) is 7.76. The third-order valence-corrected chi connectivity index (χ3v) is 6.61. The van der Waals surface area contributed by atoms with E-state index in [2.05, 4.69) is 15.0 Å². The lowest BCUT2D eigenvalue weighted by Crippen LogP contribution is -2.38. The summed E-state index contributed by atoms with van der Waals surface area (Å²) in [5.74, 6) is 0.155. The third kappa shape index (κ3) is 5.90. The summed E-state index contributed by atoms with van der Waals surface area (Å²) in [6.07, 6.45) is 4.78. The van der Waals surface area contributed by atoms with Gasteiger partial charge in [0.15, 0.2) is 5.65 Å². The minimum absolute atomic E-state index is 0.0422. The van der Waals surface area contributed by atoms with Gasteiger partial charge >= 0.3 is 5.97 Å². The number of aromatic amines is 1. The van der Waals surface area contributed by atoms with Crippen molar-refractivity contribution in [3.05, 3.63) is 68.7 Å². The zero-order valence-corrected chi connectivity index (χ0v) is 20.8. The molecule has 1 aromatic carbocycles. The van der Waals surface area contributed by atoms with Gasteiger partial charge < -0.3 is 14.6 Å². The molecule has 34 heavy (non-hydrogen) atoms. The highest BCUT2D eigenvalue weighted by Crippen LogP contribution is 2.29. The van der Waals surface area contributed by atoms with E-state index in [9.17, 15) is 9.59 Å². The maximum absolute atomic E-state index is 13.3. The third-order valence-electron chi connectivity index (χ3n) is 5.81. The number of carbonyl (C=O) groups excluding carboxylic acids is 2. The molecule has 7 nitrogen and oxygen atoms in total. The van der Waals surface area contributed by atoms with Crippen molar-refractivity contribution in [3.8, 4) is 0 Å². The van der Waals surface area contributed by atoms with Crippen molar-refractivity contribution >= 4 is 57.8 Å². The maximum atomic E-state index is 13.3. The highest BCUT2D eigenvalue weighted by molar-refractivity contribution is 6.35. The molecule has 0 saturated heterocycles. The number of esters is 1. The number of pyridine rings is 1. The number of nitrogens with zero attached hydrogens (tertiary/aromatic N) is 3. The molecule has 1 amide bonds. The zero-order chi connectivity index (χ0) is 24.2. The van der Waals surface area contributed by atoms with E-state index in [0.717, 1.165) is 35.4 Å². The van der Waals surface area contributed by atoms with Crippen LogP contribution in [-0.4, -0.2) is 45.4 Å². The fourth-order valence-corrected chi connectivity index (χ4v) is 4.71. The van der Waals surface area contributed by atoms with Gasteiger partial charge in [-0.1, -0.05) is 46.9 Å². The number of rotatable bonds is 6. The topological polar surface area (TPSA) is 88.2 Å². The smallest absolute Gasteiger partial charge is 0.325 e. The second kappa shape index (κ2) is 10.8. The number of carbonyl (C=O) groups is 2. The van der Waals surface area contributed by atoms with Gasteiger partial charge in [0, 0.05) is 35.0 Å². The van der Waals surface area contributed by atoms with E-state index in [0.29, 0.717) is 33.7 Å². The van der Waals surface area contributed by atoms with Crippen LogP contribution in [0.15, 0.2) is 42.1 Å². The first-order valence-electron chi connectivity index (χ1n) is 10.8. The van der Waals surface area contributed by atoms with Crippen LogP contribution in [0.5, 0.6) is 0 Å². The van der Waals surface area contributed by atoms with Gasteiger partial charge in [0.05, 0.1) is 12.6 Å². The number of benzene rings is 1. The molecule has 1 unspecified atom stereocenters. The van der Waals surface area contributed by atoms with Crippen molar-refractivity contribution in [2.24, 2.45) is 5.92 Å². The number of hydrogen-bond acceptors (Lipinski definition) is 5. The van der Waals surface area contributed by atoms with Crippen LogP contribution < -0.4 is 0 Å². The maximum Gasteiger partial charge on any atom is 0.325 e. The number of allylic oxidation sites excluding steroid dienone is 2. The first kappa shape index (κ1) is 24.5. The van der Waals surface area contributed by atoms with Crippen LogP contribution in [0.1, 0.15) is 30.7 Å². The number of imidazole rings is 1. The van der Waals surface area contributed by atoms with Gasteiger partial charge in [-0.05, 0) is 48.6 Å². The standard InChI is InChI=1S/C24H23Cl3N4O3/c1-34-23(33)13-31-17(11-15-5-6-16(25)12-18(15)26)4-2-3-14(10-22(31)32)9-21-28-19-7-8-20(27)29-24(19)30-21/h4-8,12,14H,2-3,9-11,13H2,1H3,(H,28,29,30)/b17-4-. The molecule has 1 aliphatic rings. The molecule has 0 aliphatic carbocycles. The molecule has 4 rings (SSSR count). The molecule has 0 radical (unpaired) electrons. The van der Waals surface area contributed by atoms with Crippen LogP contribution >= 0.6 is 34.8 Å². The first-order valence-corrected chi connectivity index (χ1v) is 12.0. The number of aromatic nitrogens is 3. The molecule has 1 N–H and O–H groups in total. The normalized spacial score (nSPS) is 18.4. The summed E-state index contributed by atoms with van der Waals surface area (Å²) in [6, 6.07) is 8.79. The molecular weight excluding hydrogens is 499 g/mol. The molecule has 10 heteroatoms. The molecule has 0 bridgehead atoms. The van der Waals surface area contributed by atoms with Crippen LogP contribution in [0.25, 0.3) is 11.2 Å². The average molecular weight is 522 g/mol. The number of nitrogens with one attached hydrogen (secondary N) is 1. The van der Waals surface area contributed by atoms with Gasteiger partial charge in [-0.2, -0.15) is 0 Å². The summed E-state index contributed by atoms with van der Waals surface area (Å²) >= 11 is 18.3. The van der Waals surface area contributed by atoms with Crippen LogP contribution in [-0.2, 0) is 27.2 Å². The van der Waals surface area contributed by atoms with E-state index < -0.39 is 5.97 Å². The fraction of sp³-hybridized carbons (Fsp3) is 0.333. The van der Waals surface area contributed by atoms with Gasteiger partial charge in [0.2, 0.25) is 5.91 Å². The largest absolute Gasteiger partial charge is 0.468 e. The number of ether oxygens (including phenoxy) is 1. The van der Waals surface area contributed by atoms with Gasteiger partial charge in [0.1, 0.15) is 17.5 Å². The molecule has 0 fully saturated rings. The minimum atomic E-state index is -0.487. The predicted molar refractivity (Wildman–Crippen MR) is 132 cm³/mol. The number of H-pyrrole nitrogens is 1.